The Balaban J connectivity index is 1.94. The summed E-state index contributed by atoms with van der Waals surface area (Å²) in [5.41, 5.74) is 0.231. The minimum absolute atomic E-state index is 0.138. The van der Waals surface area contributed by atoms with Crippen LogP contribution in [0.2, 0.25) is 0 Å². The van der Waals surface area contributed by atoms with Crippen LogP contribution in [-0.4, -0.2) is 32.7 Å². The first-order valence-electron chi connectivity index (χ1n) is 7.03. The van der Waals surface area contributed by atoms with Gasteiger partial charge in [0.15, 0.2) is 0 Å². The number of anilines is 1. The highest BCUT2D eigenvalue weighted by molar-refractivity contribution is 5.88. The first kappa shape index (κ1) is 13.7. The quantitative estimate of drug-likeness (QED) is 0.849. The molecule has 0 bridgehead atoms. The maximum absolute atomic E-state index is 12.4. The molecular weight excluding hydrogens is 268 g/mol. The smallest absolute Gasteiger partial charge is 0.417 e. The number of ether oxygens (including phenoxy) is 1. The van der Waals surface area contributed by atoms with Crippen LogP contribution in [0.4, 0.5) is 10.7 Å². The third kappa shape index (κ3) is 3.09. The molecule has 1 amide bonds. The molecule has 1 fully saturated rings. The molecule has 6 nitrogen and oxygen atoms in total. The molecule has 0 spiro atoms. The molecule has 2 aromatic heterocycles. The summed E-state index contributed by atoms with van der Waals surface area (Å²) < 4.78 is 5.46. The zero-order valence-electron chi connectivity index (χ0n) is 12.4. The number of carbonyl (C=O) groups excluding carboxylic acids is 1. The number of hydrogen-bond donors (Lipinski definition) is 0. The minimum atomic E-state index is -0.537. The van der Waals surface area contributed by atoms with Crippen LogP contribution >= 0.6 is 0 Å². The van der Waals surface area contributed by atoms with Gasteiger partial charge < -0.3 is 4.74 Å². The van der Waals surface area contributed by atoms with Crippen molar-refractivity contribution in [2.75, 3.05) is 4.90 Å². The van der Waals surface area contributed by atoms with E-state index in [2.05, 4.69) is 15.0 Å². The van der Waals surface area contributed by atoms with E-state index in [0.717, 1.165) is 23.7 Å². The Kier molecular flexibility index (Phi) is 3.23. The number of amides is 1. The van der Waals surface area contributed by atoms with Crippen molar-refractivity contribution in [2.24, 2.45) is 0 Å². The molecule has 0 saturated heterocycles. The molecule has 21 heavy (non-hydrogen) atoms. The second kappa shape index (κ2) is 4.95. The zero-order valence-corrected chi connectivity index (χ0v) is 12.4. The molecule has 110 valence electrons. The van der Waals surface area contributed by atoms with E-state index < -0.39 is 11.7 Å². The molecule has 0 unspecified atom stereocenters. The summed E-state index contributed by atoms with van der Waals surface area (Å²) in [7, 11) is 0. The van der Waals surface area contributed by atoms with Crippen molar-refractivity contribution in [3.63, 3.8) is 0 Å². The number of hydrogen-bond acceptors (Lipinski definition) is 5. The summed E-state index contributed by atoms with van der Waals surface area (Å²) in [4.78, 5) is 26.7. The fraction of sp³-hybridized carbons (Fsp3) is 0.467. The van der Waals surface area contributed by atoms with E-state index in [4.69, 9.17) is 4.74 Å². The second-order valence-electron chi connectivity index (χ2n) is 6.19. The molecule has 0 N–H and O–H groups in total. The van der Waals surface area contributed by atoms with Gasteiger partial charge in [0.05, 0.1) is 5.52 Å². The maximum Gasteiger partial charge on any atom is 0.417 e. The summed E-state index contributed by atoms with van der Waals surface area (Å²) in [6, 6.07) is 1.94. The molecule has 0 aliphatic heterocycles. The average Bonchev–Trinajstić information content (AvgIpc) is 3.21. The van der Waals surface area contributed by atoms with Crippen LogP contribution < -0.4 is 4.90 Å². The van der Waals surface area contributed by atoms with Crippen LogP contribution in [0.3, 0.4) is 0 Å². The Morgan fingerprint density at radius 2 is 2.10 bits per heavy atom. The molecule has 6 heteroatoms. The molecule has 0 atom stereocenters. The Labute approximate surface area is 123 Å². The Bertz CT molecular complexity index is 677. The van der Waals surface area contributed by atoms with Crippen LogP contribution in [0.5, 0.6) is 0 Å². The SMILES string of the molecule is CC(C)(C)OC(=O)N(c1ncc2cnccc2n1)C1CC1. The van der Waals surface area contributed by atoms with Gasteiger partial charge in [-0.2, -0.15) is 0 Å². The third-order valence-electron chi connectivity index (χ3n) is 3.09. The predicted molar refractivity (Wildman–Crippen MR) is 79.1 cm³/mol. The summed E-state index contributed by atoms with van der Waals surface area (Å²) in [5.74, 6) is 0.394. The molecule has 3 rings (SSSR count). The fourth-order valence-corrected chi connectivity index (χ4v) is 2.02. The Hall–Kier alpha value is -2.24. The van der Waals surface area contributed by atoms with E-state index >= 15 is 0 Å². The highest BCUT2D eigenvalue weighted by Crippen LogP contribution is 2.31. The van der Waals surface area contributed by atoms with Crippen LogP contribution in [0, 0.1) is 0 Å². The van der Waals surface area contributed by atoms with Crippen molar-refractivity contribution in [3.05, 3.63) is 24.7 Å². The van der Waals surface area contributed by atoms with Gasteiger partial charge in [0.2, 0.25) is 5.95 Å². The summed E-state index contributed by atoms with van der Waals surface area (Å²) >= 11 is 0. The molecule has 2 heterocycles. The van der Waals surface area contributed by atoms with E-state index in [9.17, 15) is 4.79 Å². The van der Waals surface area contributed by atoms with Crippen molar-refractivity contribution in [3.8, 4) is 0 Å². The van der Waals surface area contributed by atoms with Gasteiger partial charge in [-0.3, -0.25) is 4.98 Å². The van der Waals surface area contributed by atoms with Gasteiger partial charge in [0.1, 0.15) is 5.60 Å². The van der Waals surface area contributed by atoms with Gasteiger partial charge >= 0.3 is 6.09 Å². The van der Waals surface area contributed by atoms with Gasteiger partial charge in [0.25, 0.3) is 0 Å². The second-order valence-corrected chi connectivity index (χ2v) is 6.19. The lowest BCUT2D eigenvalue weighted by Gasteiger charge is -2.26. The van der Waals surface area contributed by atoms with Gasteiger partial charge in [-0.1, -0.05) is 0 Å². The topological polar surface area (TPSA) is 68.2 Å². The highest BCUT2D eigenvalue weighted by atomic mass is 16.6. The lowest BCUT2D eigenvalue weighted by molar-refractivity contribution is 0.0575. The molecule has 0 aromatic carbocycles. The molecule has 0 radical (unpaired) electrons. The molecule has 1 saturated carbocycles. The van der Waals surface area contributed by atoms with Gasteiger partial charge in [-0.25, -0.2) is 19.7 Å². The van der Waals surface area contributed by atoms with Crippen molar-refractivity contribution in [1.82, 2.24) is 15.0 Å². The normalized spacial score (nSPS) is 15.0. The van der Waals surface area contributed by atoms with E-state index in [0.29, 0.717) is 5.95 Å². The first-order chi connectivity index (χ1) is 9.94. The van der Waals surface area contributed by atoms with E-state index in [1.54, 1.807) is 29.6 Å². The molecule has 1 aliphatic carbocycles. The fourth-order valence-electron chi connectivity index (χ4n) is 2.02. The first-order valence-corrected chi connectivity index (χ1v) is 7.03. The number of nitrogens with zero attached hydrogens (tertiary/aromatic N) is 4. The van der Waals surface area contributed by atoms with Crippen molar-refractivity contribution < 1.29 is 9.53 Å². The minimum Gasteiger partial charge on any atom is -0.443 e. The maximum atomic E-state index is 12.4. The lowest BCUT2D eigenvalue weighted by atomic mass is 10.2. The Morgan fingerprint density at radius 3 is 2.76 bits per heavy atom. The van der Waals surface area contributed by atoms with Crippen molar-refractivity contribution in [2.45, 2.75) is 45.3 Å². The summed E-state index contributed by atoms with van der Waals surface area (Å²) in [6.45, 7) is 5.55. The van der Waals surface area contributed by atoms with E-state index in [-0.39, 0.29) is 6.04 Å². The summed E-state index contributed by atoms with van der Waals surface area (Å²) in [6.07, 6.45) is 6.58. The Morgan fingerprint density at radius 1 is 1.33 bits per heavy atom. The zero-order chi connectivity index (χ0) is 15.0. The number of carbonyl (C=O) groups is 1. The highest BCUT2D eigenvalue weighted by Gasteiger charge is 2.38. The average molecular weight is 286 g/mol. The molecular formula is C15H18N4O2. The van der Waals surface area contributed by atoms with E-state index in [1.807, 2.05) is 20.8 Å². The lowest BCUT2D eigenvalue weighted by Crippen LogP contribution is -2.39. The molecule has 1 aliphatic rings. The van der Waals surface area contributed by atoms with Crippen LogP contribution in [0.25, 0.3) is 10.9 Å². The number of pyridine rings is 1. The number of fused-ring (bicyclic) bond motifs is 1. The standard InChI is InChI=1S/C15H18N4O2/c1-15(2,3)21-14(20)19(11-4-5-11)13-17-9-10-8-16-7-6-12(10)18-13/h6-9,11H,4-5H2,1-3H3. The van der Waals surface area contributed by atoms with Crippen molar-refractivity contribution >= 4 is 22.9 Å². The number of rotatable bonds is 2. The largest absolute Gasteiger partial charge is 0.443 e. The van der Waals surface area contributed by atoms with Crippen LogP contribution in [0.15, 0.2) is 24.7 Å². The molecule has 2 aromatic rings. The summed E-state index contributed by atoms with van der Waals surface area (Å²) in [5, 5.41) is 0.848. The van der Waals surface area contributed by atoms with Gasteiger partial charge in [-0.15, -0.1) is 0 Å². The van der Waals surface area contributed by atoms with Gasteiger partial charge in [-0.05, 0) is 39.7 Å². The third-order valence-corrected chi connectivity index (χ3v) is 3.09. The predicted octanol–water partition coefficient (Wildman–Crippen LogP) is 2.93. The van der Waals surface area contributed by atoms with Crippen LogP contribution in [-0.2, 0) is 4.74 Å². The van der Waals surface area contributed by atoms with Gasteiger partial charge in [0, 0.05) is 30.0 Å². The van der Waals surface area contributed by atoms with E-state index in [1.165, 1.54) is 0 Å². The number of aromatic nitrogens is 3. The van der Waals surface area contributed by atoms with Crippen molar-refractivity contribution in [1.29, 1.82) is 0 Å². The van der Waals surface area contributed by atoms with Crippen LogP contribution in [0.1, 0.15) is 33.6 Å². The monoisotopic (exact) mass is 286 g/mol.